The third-order valence-corrected chi connectivity index (χ3v) is 3.17. The number of anilines is 1. The zero-order valence-corrected chi connectivity index (χ0v) is 12.9. The van der Waals surface area contributed by atoms with Gasteiger partial charge in [-0.3, -0.25) is 4.98 Å². The third kappa shape index (κ3) is 4.58. The van der Waals surface area contributed by atoms with Crippen LogP contribution in [0.3, 0.4) is 0 Å². The van der Waals surface area contributed by atoms with E-state index in [0.29, 0.717) is 22.7 Å². The molecule has 0 spiro atoms. The number of urea groups is 1. The molecule has 0 saturated carbocycles. The van der Waals surface area contributed by atoms with Crippen LogP contribution in [0.2, 0.25) is 0 Å². The molecule has 0 saturated heterocycles. The predicted octanol–water partition coefficient (Wildman–Crippen LogP) is 1.95. The number of aliphatic hydroxyl groups excluding tert-OH is 1. The summed E-state index contributed by atoms with van der Waals surface area (Å²) in [7, 11) is 3.05. The van der Waals surface area contributed by atoms with E-state index in [2.05, 4.69) is 15.6 Å². The van der Waals surface area contributed by atoms with Gasteiger partial charge in [0, 0.05) is 18.3 Å². The fraction of sp³-hybridized carbons (Fsp3) is 0.250. The van der Waals surface area contributed by atoms with Gasteiger partial charge in [-0.05, 0) is 30.3 Å². The summed E-state index contributed by atoms with van der Waals surface area (Å²) in [5.41, 5.74) is 1.10. The molecule has 1 heterocycles. The quantitative estimate of drug-likeness (QED) is 0.757. The number of ether oxygens (including phenoxy) is 2. The van der Waals surface area contributed by atoms with Crippen molar-refractivity contribution in [3.8, 4) is 11.5 Å². The molecule has 2 amide bonds. The minimum atomic E-state index is -0.931. The molecule has 0 bridgehead atoms. The normalized spacial score (nSPS) is 11.4. The topological polar surface area (TPSA) is 92.7 Å². The number of hydrogen-bond acceptors (Lipinski definition) is 5. The Kier molecular flexibility index (Phi) is 5.76. The van der Waals surface area contributed by atoms with Crippen LogP contribution in [0.25, 0.3) is 0 Å². The molecule has 0 aliphatic rings. The van der Waals surface area contributed by atoms with Gasteiger partial charge >= 0.3 is 6.03 Å². The average Bonchev–Trinajstić information content (AvgIpc) is 2.60. The number of carbonyl (C=O) groups is 1. The van der Waals surface area contributed by atoms with Crippen molar-refractivity contribution >= 4 is 11.7 Å². The van der Waals surface area contributed by atoms with Crippen molar-refractivity contribution in [2.45, 2.75) is 6.10 Å². The van der Waals surface area contributed by atoms with Crippen molar-refractivity contribution in [3.05, 3.63) is 48.3 Å². The van der Waals surface area contributed by atoms with Gasteiger partial charge in [-0.2, -0.15) is 0 Å². The highest BCUT2D eigenvalue weighted by molar-refractivity contribution is 5.88. The molecule has 122 valence electrons. The zero-order chi connectivity index (χ0) is 16.7. The number of aromatic nitrogens is 1. The maximum absolute atomic E-state index is 11.8. The zero-order valence-electron chi connectivity index (χ0n) is 12.9. The van der Waals surface area contributed by atoms with Crippen molar-refractivity contribution in [1.29, 1.82) is 0 Å². The van der Waals surface area contributed by atoms with Gasteiger partial charge in [-0.15, -0.1) is 0 Å². The van der Waals surface area contributed by atoms with Gasteiger partial charge in [0.25, 0.3) is 0 Å². The van der Waals surface area contributed by atoms with Crippen LogP contribution in [0.15, 0.2) is 42.7 Å². The lowest BCUT2D eigenvalue weighted by molar-refractivity contribution is 0.170. The minimum Gasteiger partial charge on any atom is -0.497 e. The van der Waals surface area contributed by atoms with E-state index in [-0.39, 0.29) is 6.54 Å². The molecule has 7 nitrogen and oxygen atoms in total. The van der Waals surface area contributed by atoms with Gasteiger partial charge in [0.1, 0.15) is 17.6 Å². The van der Waals surface area contributed by atoms with E-state index in [1.54, 1.807) is 36.5 Å². The summed E-state index contributed by atoms with van der Waals surface area (Å²) in [6, 6.07) is 8.10. The van der Waals surface area contributed by atoms with E-state index in [0.717, 1.165) is 0 Å². The Morgan fingerprint density at radius 1 is 1.30 bits per heavy atom. The summed E-state index contributed by atoms with van der Waals surface area (Å²) in [6.07, 6.45) is 2.21. The highest BCUT2D eigenvalue weighted by Crippen LogP contribution is 2.29. The summed E-state index contributed by atoms with van der Waals surface area (Å²) < 4.78 is 10.4. The SMILES string of the molecule is COc1ccc(OC)c([C@H](O)CNC(=O)Nc2cccnc2)c1. The van der Waals surface area contributed by atoms with E-state index in [1.165, 1.54) is 20.4 Å². The molecule has 1 aromatic heterocycles. The first-order valence-electron chi connectivity index (χ1n) is 6.99. The van der Waals surface area contributed by atoms with Crippen molar-refractivity contribution in [3.63, 3.8) is 0 Å². The summed E-state index contributed by atoms with van der Waals surface area (Å²) in [4.78, 5) is 15.7. The number of nitrogens with zero attached hydrogens (tertiary/aromatic N) is 1. The maximum atomic E-state index is 11.8. The molecule has 2 rings (SSSR count). The number of hydrogen-bond donors (Lipinski definition) is 3. The van der Waals surface area contributed by atoms with Gasteiger partial charge < -0.3 is 25.2 Å². The van der Waals surface area contributed by atoms with Gasteiger partial charge in [-0.1, -0.05) is 0 Å². The number of carbonyl (C=O) groups excluding carboxylic acids is 1. The van der Waals surface area contributed by atoms with Crippen molar-refractivity contribution in [1.82, 2.24) is 10.3 Å². The van der Waals surface area contributed by atoms with Crippen LogP contribution in [0.4, 0.5) is 10.5 Å². The lowest BCUT2D eigenvalue weighted by Gasteiger charge is -2.16. The highest BCUT2D eigenvalue weighted by atomic mass is 16.5. The molecule has 0 aliphatic carbocycles. The summed E-state index contributed by atoms with van der Waals surface area (Å²) in [5.74, 6) is 1.12. The first-order valence-corrected chi connectivity index (χ1v) is 6.99. The van der Waals surface area contributed by atoms with Crippen LogP contribution in [-0.2, 0) is 0 Å². The molecule has 2 aromatic rings. The number of amides is 2. The lowest BCUT2D eigenvalue weighted by Crippen LogP contribution is -2.32. The smallest absolute Gasteiger partial charge is 0.319 e. The van der Waals surface area contributed by atoms with Crippen LogP contribution >= 0.6 is 0 Å². The highest BCUT2D eigenvalue weighted by Gasteiger charge is 2.15. The Labute approximate surface area is 134 Å². The predicted molar refractivity (Wildman–Crippen MR) is 85.8 cm³/mol. The Morgan fingerprint density at radius 3 is 2.78 bits per heavy atom. The fourth-order valence-electron chi connectivity index (χ4n) is 2.01. The molecular weight excluding hydrogens is 298 g/mol. The molecule has 0 aliphatic heterocycles. The van der Waals surface area contributed by atoms with E-state index in [4.69, 9.17) is 9.47 Å². The second-order valence-electron chi connectivity index (χ2n) is 4.70. The van der Waals surface area contributed by atoms with E-state index >= 15 is 0 Å². The maximum Gasteiger partial charge on any atom is 0.319 e. The molecule has 0 radical (unpaired) electrons. The van der Waals surface area contributed by atoms with Crippen molar-refractivity contribution in [2.75, 3.05) is 26.1 Å². The number of methoxy groups -OCH3 is 2. The van der Waals surface area contributed by atoms with Gasteiger partial charge in [0.15, 0.2) is 0 Å². The number of benzene rings is 1. The molecule has 0 fully saturated rings. The first-order chi connectivity index (χ1) is 11.1. The Balaban J connectivity index is 1.96. The van der Waals surface area contributed by atoms with E-state index < -0.39 is 12.1 Å². The second-order valence-corrected chi connectivity index (χ2v) is 4.70. The monoisotopic (exact) mass is 317 g/mol. The van der Waals surface area contributed by atoms with Crippen LogP contribution in [0.1, 0.15) is 11.7 Å². The van der Waals surface area contributed by atoms with Crippen molar-refractivity contribution < 1.29 is 19.4 Å². The third-order valence-electron chi connectivity index (χ3n) is 3.17. The largest absolute Gasteiger partial charge is 0.497 e. The molecular formula is C16H19N3O4. The van der Waals surface area contributed by atoms with Crippen LogP contribution < -0.4 is 20.1 Å². The Hall–Kier alpha value is -2.80. The number of rotatable bonds is 6. The number of pyridine rings is 1. The molecule has 0 unspecified atom stereocenters. The van der Waals surface area contributed by atoms with Crippen LogP contribution in [0.5, 0.6) is 11.5 Å². The van der Waals surface area contributed by atoms with Crippen LogP contribution in [0, 0.1) is 0 Å². The summed E-state index contributed by atoms with van der Waals surface area (Å²) in [5, 5.41) is 15.5. The standard InChI is InChI=1S/C16H19N3O4/c1-22-12-5-6-15(23-2)13(8-12)14(20)10-18-16(21)19-11-4-3-7-17-9-11/h3-9,14,20H,10H2,1-2H3,(H2,18,19,21)/t14-/m1/s1. The Bertz CT molecular complexity index is 649. The van der Waals surface area contributed by atoms with E-state index in [9.17, 15) is 9.90 Å². The Morgan fingerprint density at radius 2 is 2.13 bits per heavy atom. The first kappa shape index (κ1) is 16.6. The molecule has 1 aromatic carbocycles. The lowest BCUT2D eigenvalue weighted by atomic mass is 10.1. The molecule has 23 heavy (non-hydrogen) atoms. The summed E-state index contributed by atoms with van der Waals surface area (Å²) >= 11 is 0. The van der Waals surface area contributed by atoms with Crippen LogP contribution in [-0.4, -0.2) is 36.9 Å². The summed E-state index contributed by atoms with van der Waals surface area (Å²) in [6.45, 7) is 0.0234. The molecule has 7 heteroatoms. The molecule has 3 N–H and O–H groups in total. The average molecular weight is 317 g/mol. The van der Waals surface area contributed by atoms with Gasteiger partial charge in [0.2, 0.25) is 0 Å². The fourth-order valence-corrected chi connectivity index (χ4v) is 2.01. The molecule has 1 atom stereocenters. The number of aliphatic hydroxyl groups is 1. The van der Waals surface area contributed by atoms with Gasteiger partial charge in [0.05, 0.1) is 26.1 Å². The second kappa shape index (κ2) is 8.00. The van der Waals surface area contributed by atoms with E-state index in [1.807, 2.05) is 0 Å². The number of nitrogens with one attached hydrogen (secondary N) is 2. The van der Waals surface area contributed by atoms with Crippen molar-refractivity contribution in [2.24, 2.45) is 0 Å². The van der Waals surface area contributed by atoms with Gasteiger partial charge in [-0.25, -0.2) is 4.79 Å². The minimum absolute atomic E-state index is 0.0234.